The second-order valence-electron chi connectivity index (χ2n) is 8.30. The molecule has 0 heteroatoms. The van der Waals surface area contributed by atoms with E-state index in [-0.39, 0.29) is 5.41 Å². The van der Waals surface area contributed by atoms with Crippen molar-refractivity contribution in [1.82, 2.24) is 0 Å². The fraction of sp³-hybridized carbons (Fsp3) is 0.407. The zero-order chi connectivity index (χ0) is 19.6. The van der Waals surface area contributed by atoms with E-state index < -0.39 is 0 Å². The molecule has 142 valence electrons. The summed E-state index contributed by atoms with van der Waals surface area (Å²) in [5.74, 6) is 1.17. The summed E-state index contributed by atoms with van der Waals surface area (Å²) in [5, 5.41) is 0. The number of allylic oxidation sites excluding steroid dienone is 2. The van der Waals surface area contributed by atoms with Crippen LogP contribution in [-0.4, -0.2) is 0 Å². The number of benzene rings is 2. The van der Waals surface area contributed by atoms with Crippen LogP contribution in [0.15, 0.2) is 61.7 Å². The van der Waals surface area contributed by atoms with Crippen molar-refractivity contribution in [3.05, 3.63) is 84.0 Å². The Morgan fingerprint density at radius 2 is 1.19 bits per heavy atom. The highest BCUT2D eigenvalue weighted by Gasteiger charge is 2.41. The average molecular weight is 359 g/mol. The van der Waals surface area contributed by atoms with Crippen molar-refractivity contribution >= 4 is 0 Å². The van der Waals surface area contributed by atoms with Crippen LogP contribution in [0.4, 0.5) is 0 Å². The number of hydrogen-bond acceptors (Lipinski definition) is 0. The first-order valence-corrected chi connectivity index (χ1v) is 10.5. The van der Waals surface area contributed by atoms with Gasteiger partial charge in [-0.25, -0.2) is 0 Å². The molecule has 3 rings (SSSR count). The maximum atomic E-state index is 4.11. The first kappa shape index (κ1) is 19.7. The van der Waals surface area contributed by atoms with E-state index in [1.165, 1.54) is 46.2 Å². The third-order valence-corrected chi connectivity index (χ3v) is 6.76. The Kier molecular flexibility index (Phi) is 5.75. The monoisotopic (exact) mass is 358 g/mol. The van der Waals surface area contributed by atoms with Gasteiger partial charge in [-0.15, -0.1) is 13.2 Å². The molecular weight excluding hydrogens is 324 g/mol. The van der Waals surface area contributed by atoms with Gasteiger partial charge in [-0.1, -0.05) is 76.2 Å². The van der Waals surface area contributed by atoms with Crippen LogP contribution in [0.2, 0.25) is 0 Å². The molecule has 2 unspecified atom stereocenters. The van der Waals surface area contributed by atoms with Crippen molar-refractivity contribution in [3.8, 4) is 11.1 Å². The largest absolute Gasteiger partial charge is 0.103 e. The molecule has 0 bridgehead atoms. The highest BCUT2D eigenvalue weighted by molar-refractivity contribution is 5.82. The van der Waals surface area contributed by atoms with Gasteiger partial charge in [0.25, 0.3) is 0 Å². The minimum atomic E-state index is -0.0267. The summed E-state index contributed by atoms with van der Waals surface area (Å²) in [6, 6.07) is 14.3. The Morgan fingerprint density at radius 1 is 0.778 bits per heavy atom. The van der Waals surface area contributed by atoms with Crippen molar-refractivity contribution in [3.63, 3.8) is 0 Å². The summed E-state index contributed by atoms with van der Waals surface area (Å²) in [7, 11) is 0. The molecule has 0 amide bonds. The van der Waals surface area contributed by atoms with Gasteiger partial charge in [-0.3, -0.25) is 0 Å². The second-order valence-corrected chi connectivity index (χ2v) is 8.30. The van der Waals surface area contributed by atoms with E-state index in [4.69, 9.17) is 0 Å². The Hall–Kier alpha value is -2.08. The molecule has 0 fully saturated rings. The minimum Gasteiger partial charge on any atom is -0.103 e. The SMILES string of the molecule is C=CCC1(CC=C)c2cc(C(C)CC)ccc2-c2ccc(C(C)CC)cc21. The van der Waals surface area contributed by atoms with Crippen LogP contribution in [0.3, 0.4) is 0 Å². The summed E-state index contributed by atoms with van der Waals surface area (Å²) in [6.07, 6.45) is 8.42. The topological polar surface area (TPSA) is 0 Å². The van der Waals surface area contributed by atoms with Gasteiger partial charge in [-0.2, -0.15) is 0 Å². The highest BCUT2D eigenvalue weighted by atomic mass is 14.4. The van der Waals surface area contributed by atoms with Crippen LogP contribution in [0.1, 0.15) is 87.5 Å². The van der Waals surface area contributed by atoms with Crippen molar-refractivity contribution in [1.29, 1.82) is 0 Å². The van der Waals surface area contributed by atoms with Gasteiger partial charge in [0.15, 0.2) is 0 Å². The molecule has 1 aliphatic carbocycles. The lowest BCUT2D eigenvalue weighted by Gasteiger charge is -2.31. The lowest BCUT2D eigenvalue weighted by atomic mass is 9.71. The van der Waals surface area contributed by atoms with Crippen molar-refractivity contribution in [2.24, 2.45) is 0 Å². The number of rotatable bonds is 8. The predicted octanol–water partition coefficient (Wildman–Crippen LogP) is 8.13. The zero-order valence-electron chi connectivity index (χ0n) is 17.5. The van der Waals surface area contributed by atoms with E-state index in [0.29, 0.717) is 11.8 Å². The van der Waals surface area contributed by atoms with Crippen LogP contribution < -0.4 is 0 Å². The van der Waals surface area contributed by atoms with Gasteiger partial charge in [-0.05, 0) is 70.9 Å². The maximum absolute atomic E-state index is 4.11. The average Bonchev–Trinajstić information content (AvgIpc) is 2.96. The van der Waals surface area contributed by atoms with Gasteiger partial charge >= 0.3 is 0 Å². The summed E-state index contributed by atoms with van der Waals surface area (Å²) < 4.78 is 0. The summed E-state index contributed by atoms with van der Waals surface area (Å²) in [5.41, 5.74) is 8.61. The lowest BCUT2D eigenvalue weighted by molar-refractivity contribution is 0.540. The molecule has 0 nitrogen and oxygen atoms in total. The minimum absolute atomic E-state index is 0.0267. The van der Waals surface area contributed by atoms with Crippen molar-refractivity contribution in [2.45, 2.75) is 70.6 Å². The smallest absolute Gasteiger partial charge is 0.0283 e. The zero-order valence-corrected chi connectivity index (χ0v) is 17.5. The maximum Gasteiger partial charge on any atom is 0.0283 e. The molecule has 0 aliphatic heterocycles. The van der Waals surface area contributed by atoms with E-state index in [1.807, 2.05) is 0 Å². The van der Waals surface area contributed by atoms with Crippen molar-refractivity contribution < 1.29 is 0 Å². The van der Waals surface area contributed by atoms with Crippen LogP contribution in [0.25, 0.3) is 11.1 Å². The van der Waals surface area contributed by atoms with Gasteiger partial charge < -0.3 is 0 Å². The van der Waals surface area contributed by atoms with Crippen LogP contribution in [-0.2, 0) is 5.41 Å². The van der Waals surface area contributed by atoms with Crippen LogP contribution >= 0.6 is 0 Å². The van der Waals surface area contributed by atoms with Gasteiger partial charge in [0.1, 0.15) is 0 Å². The van der Waals surface area contributed by atoms with E-state index in [2.05, 4.69) is 89.4 Å². The Balaban J connectivity index is 2.27. The molecule has 0 saturated carbocycles. The summed E-state index contributed by atoms with van der Waals surface area (Å²) >= 11 is 0. The van der Waals surface area contributed by atoms with E-state index in [9.17, 15) is 0 Å². The number of fused-ring (bicyclic) bond motifs is 3. The predicted molar refractivity (Wildman–Crippen MR) is 120 cm³/mol. The molecule has 0 N–H and O–H groups in total. The molecule has 0 saturated heterocycles. The summed E-state index contributed by atoms with van der Waals surface area (Å²) in [4.78, 5) is 0. The number of hydrogen-bond donors (Lipinski definition) is 0. The Morgan fingerprint density at radius 3 is 1.52 bits per heavy atom. The molecular formula is C27H34. The molecule has 1 aliphatic rings. The normalized spacial score (nSPS) is 16.3. The molecule has 2 aromatic rings. The Labute approximate surface area is 166 Å². The first-order chi connectivity index (χ1) is 13.0. The highest BCUT2D eigenvalue weighted by Crippen LogP contribution is 2.54. The van der Waals surface area contributed by atoms with Gasteiger partial charge in [0, 0.05) is 5.41 Å². The molecule has 27 heavy (non-hydrogen) atoms. The van der Waals surface area contributed by atoms with E-state index in [1.54, 1.807) is 0 Å². The molecule has 0 spiro atoms. The standard InChI is InChI=1S/C27H34/c1-7-15-27(16-8-2)25-17-21(19(5)9-3)11-13-23(25)24-14-12-22(18-26(24)27)20(6)10-4/h7-8,11-14,17-20H,1-2,9-10,15-16H2,3-6H3. The van der Waals surface area contributed by atoms with Gasteiger partial charge in [0.05, 0.1) is 0 Å². The van der Waals surface area contributed by atoms with Crippen LogP contribution in [0.5, 0.6) is 0 Å². The lowest BCUT2D eigenvalue weighted by Crippen LogP contribution is -2.24. The molecule has 2 aromatic carbocycles. The van der Waals surface area contributed by atoms with E-state index >= 15 is 0 Å². The summed E-state index contributed by atoms with van der Waals surface area (Å²) in [6.45, 7) is 17.4. The third-order valence-electron chi connectivity index (χ3n) is 6.76. The fourth-order valence-electron chi connectivity index (χ4n) is 4.63. The fourth-order valence-corrected chi connectivity index (χ4v) is 4.63. The van der Waals surface area contributed by atoms with E-state index in [0.717, 1.165) is 12.8 Å². The van der Waals surface area contributed by atoms with Crippen molar-refractivity contribution in [2.75, 3.05) is 0 Å². The molecule has 0 heterocycles. The Bertz CT molecular complexity index is 768. The van der Waals surface area contributed by atoms with Crippen LogP contribution in [0, 0.1) is 0 Å². The van der Waals surface area contributed by atoms with Gasteiger partial charge in [0.2, 0.25) is 0 Å². The molecule has 0 aromatic heterocycles. The quantitative estimate of drug-likeness (QED) is 0.418. The third kappa shape index (κ3) is 3.20. The molecule has 0 radical (unpaired) electrons. The first-order valence-electron chi connectivity index (χ1n) is 10.5. The second kappa shape index (κ2) is 7.89. The molecule has 2 atom stereocenters.